The van der Waals surface area contributed by atoms with Gasteiger partial charge < -0.3 is 9.47 Å². The molecule has 2 nitrogen and oxygen atoms in total. The fraction of sp³-hybridized carbons (Fsp3) is 0.833. The van der Waals surface area contributed by atoms with E-state index >= 15 is 0 Å². The quantitative estimate of drug-likeness (QED) is 0.398. The van der Waals surface area contributed by atoms with Crippen LogP contribution in [-0.2, 0) is 9.47 Å². The first kappa shape index (κ1) is 13.7. The van der Waals surface area contributed by atoms with Crippen LogP contribution in [0.15, 0.2) is 12.2 Å². The number of hydrogen-bond acceptors (Lipinski definition) is 2. The van der Waals surface area contributed by atoms with Gasteiger partial charge in [-0.05, 0) is 18.4 Å². The summed E-state index contributed by atoms with van der Waals surface area (Å²) >= 11 is 0. The van der Waals surface area contributed by atoms with Crippen LogP contribution in [0.25, 0.3) is 0 Å². The van der Waals surface area contributed by atoms with Gasteiger partial charge in [0.1, 0.15) is 0 Å². The SMILES string of the molecule is C=C(COCCCC)COCCCC. The molecule has 0 aromatic heterocycles. The van der Waals surface area contributed by atoms with Gasteiger partial charge >= 0.3 is 0 Å². The van der Waals surface area contributed by atoms with Crippen molar-refractivity contribution in [3.8, 4) is 0 Å². The molecule has 2 heteroatoms. The summed E-state index contributed by atoms with van der Waals surface area (Å²) in [7, 11) is 0. The average molecular weight is 200 g/mol. The lowest BCUT2D eigenvalue weighted by atomic mass is 10.3. The Hall–Kier alpha value is -0.340. The maximum absolute atomic E-state index is 5.41. The van der Waals surface area contributed by atoms with Crippen LogP contribution < -0.4 is 0 Å². The van der Waals surface area contributed by atoms with Gasteiger partial charge in [-0.3, -0.25) is 0 Å². The predicted molar refractivity (Wildman–Crippen MR) is 60.6 cm³/mol. The minimum atomic E-state index is 0.645. The van der Waals surface area contributed by atoms with Crippen molar-refractivity contribution >= 4 is 0 Å². The minimum Gasteiger partial charge on any atom is -0.377 e. The molecular weight excluding hydrogens is 176 g/mol. The van der Waals surface area contributed by atoms with Crippen molar-refractivity contribution in [2.45, 2.75) is 39.5 Å². The molecule has 0 aliphatic heterocycles. The lowest BCUT2D eigenvalue weighted by Crippen LogP contribution is -2.06. The zero-order valence-corrected chi connectivity index (χ0v) is 9.68. The second-order valence-corrected chi connectivity index (χ2v) is 3.56. The fourth-order valence-corrected chi connectivity index (χ4v) is 0.967. The third kappa shape index (κ3) is 9.75. The number of ether oxygens (including phenoxy) is 2. The van der Waals surface area contributed by atoms with E-state index in [2.05, 4.69) is 20.4 Å². The summed E-state index contributed by atoms with van der Waals surface area (Å²) in [5.41, 5.74) is 1.04. The van der Waals surface area contributed by atoms with Gasteiger partial charge in [0.15, 0.2) is 0 Å². The molecule has 0 rings (SSSR count). The van der Waals surface area contributed by atoms with E-state index < -0.39 is 0 Å². The zero-order chi connectivity index (χ0) is 10.6. The summed E-state index contributed by atoms with van der Waals surface area (Å²) in [5, 5.41) is 0. The molecule has 84 valence electrons. The van der Waals surface area contributed by atoms with Crippen LogP contribution in [0.1, 0.15) is 39.5 Å². The van der Waals surface area contributed by atoms with E-state index in [-0.39, 0.29) is 0 Å². The second-order valence-electron chi connectivity index (χ2n) is 3.56. The summed E-state index contributed by atoms with van der Waals surface area (Å²) in [4.78, 5) is 0. The van der Waals surface area contributed by atoms with Gasteiger partial charge in [0.25, 0.3) is 0 Å². The van der Waals surface area contributed by atoms with Gasteiger partial charge in [-0.2, -0.15) is 0 Å². The fourth-order valence-electron chi connectivity index (χ4n) is 0.967. The molecule has 0 radical (unpaired) electrons. The molecule has 0 fully saturated rings. The van der Waals surface area contributed by atoms with Gasteiger partial charge in [-0.25, -0.2) is 0 Å². The van der Waals surface area contributed by atoms with E-state index in [1.807, 2.05) is 0 Å². The molecule has 0 heterocycles. The molecule has 0 saturated carbocycles. The van der Waals surface area contributed by atoms with Crippen LogP contribution in [0.3, 0.4) is 0 Å². The van der Waals surface area contributed by atoms with E-state index in [1.165, 1.54) is 12.8 Å². The van der Waals surface area contributed by atoms with Crippen LogP contribution in [0.4, 0.5) is 0 Å². The van der Waals surface area contributed by atoms with E-state index in [0.717, 1.165) is 31.6 Å². The summed E-state index contributed by atoms with van der Waals surface area (Å²) in [6, 6.07) is 0. The molecule has 0 bridgehead atoms. The second kappa shape index (κ2) is 10.7. The zero-order valence-electron chi connectivity index (χ0n) is 9.68. The van der Waals surface area contributed by atoms with Crippen molar-refractivity contribution in [3.63, 3.8) is 0 Å². The normalized spacial score (nSPS) is 10.4. The molecule has 0 N–H and O–H groups in total. The number of rotatable bonds is 10. The van der Waals surface area contributed by atoms with Gasteiger partial charge in [0, 0.05) is 13.2 Å². The molecular formula is C12H24O2. The summed E-state index contributed by atoms with van der Waals surface area (Å²) in [6.45, 7) is 11.2. The van der Waals surface area contributed by atoms with Gasteiger partial charge in [0.2, 0.25) is 0 Å². The van der Waals surface area contributed by atoms with Gasteiger partial charge in [-0.15, -0.1) is 0 Å². The standard InChI is InChI=1S/C12H24O2/c1-4-6-8-13-10-12(3)11-14-9-7-5-2/h3-11H2,1-2H3. The Morgan fingerprint density at radius 2 is 1.36 bits per heavy atom. The molecule has 0 atom stereocenters. The summed E-state index contributed by atoms with van der Waals surface area (Å²) < 4.78 is 10.8. The van der Waals surface area contributed by atoms with Crippen molar-refractivity contribution in [1.29, 1.82) is 0 Å². The monoisotopic (exact) mass is 200 g/mol. The van der Waals surface area contributed by atoms with Crippen LogP contribution in [0.5, 0.6) is 0 Å². The first-order chi connectivity index (χ1) is 6.81. The average Bonchev–Trinajstić information content (AvgIpc) is 2.19. The largest absolute Gasteiger partial charge is 0.377 e. The van der Waals surface area contributed by atoms with Gasteiger partial charge in [0.05, 0.1) is 13.2 Å². The van der Waals surface area contributed by atoms with Crippen molar-refractivity contribution in [2.24, 2.45) is 0 Å². The Morgan fingerprint density at radius 3 is 1.71 bits per heavy atom. The molecule has 0 amide bonds. The molecule has 0 spiro atoms. The van der Waals surface area contributed by atoms with E-state index in [1.54, 1.807) is 0 Å². The molecule has 0 aromatic rings. The maximum Gasteiger partial charge on any atom is 0.0696 e. The lowest BCUT2D eigenvalue weighted by Gasteiger charge is -2.07. The van der Waals surface area contributed by atoms with Crippen LogP contribution >= 0.6 is 0 Å². The molecule has 14 heavy (non-hydrogen) atoms. The van der Waals surface area contributed by atoms with Gasteiger partial charge in [-0.1, -0.05) is 33.3 Å². The molecule has 0 aliphatic carbocycles. The Labute approximate surface area is 88.3 Å². The summed E-state index contributed by atoms with van der Waals surface area (Å²) in [5.74, 6) is 0. The molecule has 0 unspecified atom stereocenters. The molecule has 0 saturated heterocycles. The highest BCUT2D eigenvalue weighted by molar-refractivity contribution is 4.94. The Morgan fingerprint density at radius 1 is 0.929 bits per heavy atom. The minimum absolute atomic E-state index is 0.645. The summed E-state index contributed by atoms with van der Waals surface area (Å²) in [6.07, 6.45) is 4.62. The highest BCUT2D eigenvalue weighted by Crippen LogP contribution is 1.97. The first-order valence-corrected chi connectivity index (χ1v) is 5.63. The van der Waals surface area contributed by atoms with Crippen molar-refractivity contribution in [1.82, 2.24) is 0 Å². The Balaban J connectivity index is 3.11. The van der Waals surface area contributed by atoms with E-state index in [9.17, 15) is 0 Å². The van der Waals surface area contributed by atoms with Crippen LogP contribution in [0, 0.1) is 0 Å². The predicted octanol–water partition coefficient (Wildman–Crippen LogP) is 3.18. The topological polar surface area (TPSA) is 18.5 Å². The maximum atomic E-state index is 5.41. The highest BCUT2D eigenvalue weighted by Gasteiger charge is 1.95. The van der Waals surface area contributed by atoms with Crippen LogP contribution in [0.2, 0.25) is 0 Å². The van der Waals surface area contributed by atoms with E-state index in [0.29, 0.717) is 13.2 Å². The third-order valence-corrected chi connectivity index (χ3v) is 1.90. The molecule has 0 aromatic carbocycles. The molecule has 0 aliphatic rings. The smallest absolute Gasteiger partial charge is 0.0696 e. The number of hydrogen-bond donors (Lipinski definition) is 0. The number of unbranched alkanes of at least 4 members (excludes halogenated alkanes) is 2. The lowest BCUT2D eigenvalue weighted by molar-refractivity contribution is 0.116. The van der Waals surface area contributed by atoms with Crippen molar-refractivity contribution in [2.75, 3.05) is 26.4 Å². The Kier molecular flexibility index (Phi) is 10.5. The first-order valence-electron chi connectivity index (χ1n) is 5.63. The Bertz CT molecular complexity index is 118. The van der Waals surface area contributed by atoms with Crippen LogP contribution in [-0.4, -0.2) is 26.4 Å². The van der Waals surface area contributed by atoms with E-state index in [4.69, 9.17) is 9.47 Å². The van der Waals surface area contributed by atoms with Crippen molar-refractivity contribution in [3.05, 3.63) is 12.2 Å². The highest BCUT2D eigenvalue weighted by atomic mass is 16.5. The third-order valence-electron chi connectivity index (χ3n) is 1.90. The van der Waals surface area contributed by atoms with Crippen molar-refractivity contribution < 1.29 is 9.47 Å².